The van der Waals surface area contributed by atoms with Crippen LogP contribution in [0.15, 0.2) is 24.3 Å². The van der Waals surface area contributed by atoms with Gasteiger partial charge in [-0.3, -0.25) is 4.90 Å². The van der Waals surface area contributed by atoms with Gasteiger partial charge in [-0.15, -0.1) is 0 Å². The Balaban J connectivity index is 2.13. The zero-order valence-electron chi connectivity index (χ0n) is 8.16. The molecule has 1 aromatic carbocycles. The normalized spacial score (nSPS) is 22.5. The molecule has 2 heteroatoms. The molecule has 0 radical (unpaired) electrons. The Morgan fingerprint density at radius 2 is 2.00 bits per heavy atom. The lowest BCUT2D eigenvalue weighted by molar-refractivity contribution is 0.128. The SMILES string of the molecule is COc1ccc(C2CCN2C)cc1. The average Bonchev–Trinajstić information content (AvgIpc) is 2.17. The van der Waals surface area contributed by atoms with E-state index in [2.05, 4.69) is 24.1 Å². The number of nitrogens with zero attached hydrogens (tertiary/aromatic N) is 1. The highest BCUT2D eigenvalue weighted by atomic mass is 16.5. The molecular formula is C11H15NO. The summed E-state index contributed by atoms with van der Waals surface area (Å²) in [5.74, 6) is 0.936. The van der Waals surface area contributed by atoms with Crippen LogP contribution in [0.4, 0.5) is 0 Å². The summed E-state index contributed by atoms with van der Waals surface area (Å²) in [7, 11) is 3.86. The first-order valence-electron chi connectivity index (χ1n) is 4.65. The second-order valence-corrected chi connectivity index (χ2v) is 3.56. The van der Waals surface area contributed by atoms with Gasteiger partial charge >= 0.3 is 0 Å². The van der Waals surface area contributed by atoms with Crippen LogP contribution in [0.1, 0.15) is 18.0 Å². The highest BCUT2D eigenvalue weighted by Crippen LogP contribution is 2.31. The van der Waals surface area contributed by atoms with E-state index in [1.54, 1.807) is 7.11 Å². The van der Waals surface area contributed by atoms with Gasteiger partial charge in [0, 0.05) is 12.6 Å². The minimum atomic E-state index is 0.630. The lowest BCUT2D eigenvalue weighted by Crippen LogP contribution is -2.37. The van der Waals surface area contributed by atoms with Gasteiger partial charge in [-0.25, -0.2) is 0 Å². The summed E-state index contributed by atoms with van der Waals surface area (Å²) in [6.45, 7) is 1.22. The van der Waals surface area contributed by atoms with Gasteiger partial charge in [0.25, 0.3) is 0 Å². The Kier molecular flexibility index (Phi) is 2.23. The van der Waals surface area contributed by atoms with Crippen molar-refractivity contribution in [2.75, 3.05) is 20.7 Å². The van der Waals surface area contributed by atoms with Crippen LogP contribution >= 0.6 is 0 Å². The van der Waals surface area contributed by atoms with E-state index < -0.39 is 0 Å². The molecule has 0 spiro atoms. The van der Waals surface area contributed by atoms with Crippen molar-refractivity contribution < 1.29 is 4.74 Å². The van der Waals surface area contributed by atoms with Crippen molar-refractivity contribution in [1.29, 1.82) is 0 Å². The summed E-state index contributed by atoms with van der Waals surface area (Å²) in [5, 5.41) is 0. The quantitative estimate of drug-likeness (QED) is 0.685. The molecule has 2 nitrogen and oxygen atoms in total. The van der Waals surface area contributed by atoms with E-state index in [4.69, 9.17) is 4.74 Å². The minimum absolute atomic E-state index is 0.630. The van der Waals surface area contributed by atoms with Gasteiger partial charge in [0.15, 0.2) is 0 Å². The lowest BCUT2D eigenvalue weighted by atomic mass is 9.96. The molecule has 1 fully saturated rings. The molecule has 70 valence electrons. The third-order valence-corrected chi connectivity index (χ3v) is 2.79. The van der Waals surface area contributed by atoms with E-state index in [0.717, 1.165) is 5.75 Å². The van der Waals surface area contributed by atoms with Crippen LogP contribution in [0.2, 0.25) is 0 Å². The Hall–Kier alpha value is -1.02. The van der Waals surface area contributed by atoms with Crippen LogP contribution in [0.5, 0.6) is 5.75 Å². The summed E-state index contributed by atoms with van der Waals surface area (Å²) in [6.07, 6.45) is 1.28. The topological polar surface area (TPSA) is 12.5 Å². The molecule has 1 aliphatic heterocycles. The number of benzene rings is 1. The monoisotopic (exact) mass is 177 g/mol. The van der Waals surface area contributed by atoms with Gasteiger partial charge in [0.2, 0.25) is 0 Å². The molecule has 0 N–H and O–H groups in total. The fraction of sp³-hybridized carbons (Fsp3) is 0.455. The lowest BCUT2D eigenvalue weighted by Gasteiger charge is -2.38. The second-order valence-electron chi connectivity index (χ2n) is 3.56. The minimum Gasteiger partial charge on any atom is -0.497 e. The second kappa shape index (κ2) is 3.38. The molecule has 1 aliphatic rings. The Labute approximate surface area is 79.1 Å². The highest BCUT2D eigenvalue weighted by molar-refractivity contribution is 5.29. The molecule has 2 rings (SSSR count). The fourth-order valence-corrected chi connectivity index (χ4v) is 1.76. The van der Waals surface area contributed by atoms with Crippen molar-refractivity contribution in [3.05, 3.63) is 29.8 Å². The van der Waals surface area contributed by atoms with E-state index in [1.807, 2.05) is 12.1 Å². The molecule has 0 bridgehead atoms. The van der Waals surface area contributed by atoms with Gasteiger partial charge in [-0.2, -0.15) is 0 Å². The maximum atomic E-state index is 5.11. The fourth-order valence-electron chi connectivity index (χ4n) is 1.76. The maximum absolute atomic E-state index is 5.11. The highest BCUT2D eigenvalue weighted by Gasteiger charge is 2.25. The first-order chi connectivity index (χ1) is 6.31. The number of ether oxygens (including phenoxy) is 1. The van der Waals surface area contributed by atoms with Crippen molar-refractivity contribution in [3.63, 3.8) is 0 Å². The Morgan fingerprint density at radius 1 is 1.31 bits per heavy atom. The van der Waals surface area contributed by atoms with Crippen LogP contribution in [-0.4, -0.2) is 25.6 Å². The van der Waals surface area contributed by atoms with Crippen LogP contribution in [0, 0.1) is 0 Å². The van der Waals surface area contributed by atoms with Crippen molar-refractivity contribution in [1.82, 2.24) is 4.90 Å². The van der Waals surface area contributed by atoms with Gasteiger partial charge in [-0.1, -0.05) is 12.1 Å². The Bertz CT molecular complexity index is 281. The molecular weight excluding hydrogens is 162 g/mol. The zero-order chi connectivity index (χ0) is 9.26. The van der Waals surface area contributed by atoms with Gasteiger partial charge in [0.05, 0.1) is 7.11 Å². The van der Waals surface area contributed by atoms with E-state index in [0.29, 0.717) is 6.04 Å². The zero-order valence-corrected chi connectivity index (χ0v) is 8.16. The number of methoxy groups -OCH3 is 1. The van der Waals surface area contributed by atoms with Crippen molar-refractivity contribution in [2.45, 2.75) is 12.5 Å². The number of hydrogen-bond donors (Lipinski definition) is 0. The van der Waals surface area contributed by atoms with Gasteiger partial charge in [-0.05, 0) is 31.2 Å². The summed E-state index contributed by atoms with van der Waals surface area (Å²) in [5.41, 5.74) is 1.40. The van der Waals surface area contributed by atoms with Crippen LogP contribution in [0.3, 0.4) is 0 Å². The van der Waals surface area contributed by atoms with Crippen LogP contribution in [0.25, 0.3) is 0 Å². The van der Waals surface area contributed by atoms with Crippen molar-refractivity contribution in [3.8, 4) is 5.75 Å². The number of hydrogen-bond acceptors (Lipinski definition) is 2. The molecule has 1 atom stereocenters. The first kappa shape index (κ1) is 8.57. The van der Waals surface area contributed by atoms with Crippen molar-refractivity contribution in [2.24, 2.45) is 0 Å². The van der Waals surface area contributed by atoms with E-state index in [9.17, 15) is 0 Å². The Morgan fingerprint density at radius 3 is 2.38 bits per heavy atom. The standard InChI is InChI=1S/C11H15NO/c1-12-8-7-11(12)9-3-5-10(13-2)6-4-9/h3-6,11H,7-8H2,1-2H3. The van der Waals surface area contributed by atoms with E-state index in [-0.39, 0.29) is 0 Å². The summed E-state index contributed by atoms with van der Waals surface area (Å²) < 4.78 is 5.11. The van der Waals surface area contributed by atoms with Crippen LogP contribution in [-0.2, 0) is 0 Å². The van der Waals surface area contributed by atoms with Crippen LogP contribution < -0.4 is 4.74 Å². The summed E-state index contributed by atoms with van der Waals surface area (Å²) in [4.78, 5) is 2.36. The summed E-state index contributed by atoms with van der Waals surface area (Å²) in [6, 6.07) is 8.99. The first-order valence-corrected chi connectivity index (χ1v) is 4.65. The molecule has 1 heterocycles. The smallest absolute Gasteiger partial charge is 0.118 e. The average molecular weight is 177 g/mol. The maximum Gasteiger partial charge on any atom is 0.118 e. The molecule has 0 aromatic heterocycles. The van der Waals surface area contributed by atoms with E-state index in [1.165, 1.54) is 18.5 Å². The number of likely N-dealkylation sites (tertiary alicyclic amines) is 1. The third kappa shape index (κ3) is 1.54. The molecule has 0 saturated carbocycles. The molecule has 1 aromatic rings. The summed E-state index contributed by atoms with van der Waals surface area (Å²) >= 11 is 0. The molecule has 1 unspecified atom stereocenters. The predicted octanol–water partition coefficient (Wildman–Crippen LogP) is 2.07. The van der Waals surface area contributed by atoms with E-state index >= 15 is 0 Å². The molecule has 0 aliphatic carbocycles. The third-order valence-electron chi connectivity index (χ3n) is 2.79. The van der Waals surface area contributed by atoms with Crippen molar-refractivity contribution >= 4 is 0 Å². The number of rotatable bonds is 2. The molecule has 0 amide bonds. The predicted molar refractivity (Wildman–Crippen MR) is 53.0 cm³/mol. The molecule has 1 saturated heterocycles. The van der Waals surface area contributed by atoms with Gasteiger partial charge < -0.3 is 4.74 Å². The largest absolute Gasteiger partial charge is 0.497 e. The molecule has 13 heavy (non-hydrogen) atoms. The van der Waals surface area contributed by atoms with Gasteiger partial charge in [0.1, 0.15) is 5.75 Å².